The van der Waals surface area contributed by atoms with Gasteiger partial charge in [0.1, 0.15) is 11.9 Å². The van der Waals surface area contributed by atoms with Crippen LogP contribution in [0.5, 0.6) is 0 Å². The highest BCUT2D eigenvalue weighted by atomic mass is 16.3. The molecule has 4 heteroatoms. The number of hydrogen-bond donors (Lipinski definition) is 1. The maximum absolute atomic E-state index is 10.7. The Morgan fingerprint density at radius 2 is 2.00 bits per heavy atom. The van der Waals surface area contributed by atoms with Crippen LogP contribution in [-0.2, 0) is 6.54 Å². The Balaban J connectivity index is 1.79. The van der Waals surface area contributed by atoms with Gasteiger partial charge in [0.2, 0.25) is 0 Å². The van der Waals surface area contributed by atoms with E-state index in [0.29, 0.717) is 12.5 Å². The first-order valence-corrected chi connectivity index (χ1v) is 8.27. The van der Waals surface area contributed by atoms with E-state index in [2.05, 4.69) is 29.0 Å². The first-order chi connectivity index (χ1) is 10.6. The van der Waals surface area contributed by atoms with Gasteiger partial charge in [0, 0.05) is 18.1 Å². The van der Waals surface area contributed by atoms with Gasteiger partial charge in [0.05, 0.1) is 12.2 Å². The van der Waals surface area contributed by atoms with Gasteiger partial charge in [-0.25, -0.2) is 4.98 Å². The Hall–Kier alpha value is -1.68. The topological polar surface area (TPSA) is 50.9 Å². The molecule has 0 amide bonds. The summed E-state index contributed by atoms with van der Waals surface area (Å²) in [6.45, 7) is 4.77. The van der Waals surface area contributed by atoms with E-state index >= 15 is 0 Å². The highest BCUT2D eigenvalue weighted by molar-refractivity contribution is 5.20. The number of rotatable bonds is 4. The molecule has 2 aromatic heterocycles. The minimum absolute atomic E-state index is 0.349. The molecule has 118 valence electrons. The number of aliphatic hydroxyl groups excluding tert-OH is 1. The van der Waals surface area contributed by atoms with E-state index in [9.17, 15) is 5.11 Å². The van der Waals surface area contributed by atoms with Gasteiger partial charge in [-0.15, -0.1) is 0 Å². The molecular weight excluding hydrogens is 274 g/mol. The molecule has 1 aliphatic carbocycles. The van der Waals surface area contributed by atoms with Crippen molar-refractivity contribution in [2.24, 2.45) is 5.92 Å². The Morgan fingerprint density at radius 1 is 1.23 bits per heavy atom. The molecule has 1 aliphatic rings. The molecule has 0 bridgehead atoms. The molecule has 0 spiro atoms. The summed E-state index contributed by atoms with van der Waals surface area (Å²) in [6.07, 6.45) is 9.23. The van der Waals surface area contributed by atoms with E-state index in [4.69, 9.17) is 0 Å². The Kier molecular flexibility index (Phi) is 4.57. The van der Waals surface area contributed by atoms with Crippen LogP contribution in [0.3, 0.4) is 0 Å². The molecule has 1 fully saturated rings. The van der Waals surface area contributed by atoms with E-state index in [1.807, 2.05) is 17.7 Å². The minimum atomic E-state index is -0.457. The second-order valence-corrected chi connectivity index (χ2v) is 6.53. The molecule has 2 heterocycles. The van der Waals surface area contributed by atoms with Gasteiger partial charge in [-0.05, 0) is 50.3 Å². The lowest BCUT2D eigenvalue weighted by Crippen LogP contribution is -2.20. The standard InChI is InChI=1S/C18H25N3O/c1-13-10-14(2)20-16(11-13)12-21-9-8-19-18(21)17(22)15-6-4-3-5-7-15/h8-11,15,17,22H,3-7,12H2,1-2H3. The van der Waals surface area contributed by atoms with Crippen molar-refractivity contribution >= 4 is 0 Å². The lowest BCUT2D eigenvalue weighted by molar-refractivity contribution is 0.0743. The van der Waals surface area contributed by atoms with Crippen molar-refractivity contribution < 1.29 is 5.11 Å². The highest BCUT2D eigenvalue weighted by Crippen LogP contribution is 2.33. The fraction of sp³-hybridized carbons (Fsp3) is 0.556. The van der Waals surface area contributed by atoms with Crippen LogP contribution in [0.1, 0.15) is 61.0 Å². The molecular formula is C18H25N3O. The van der Waals surface area contributed by atoms with E-state index < -0.39 is 6.10 Å². The van der Waals surface area contributed by atoms with Crippen LogP contribution < -0.4 is 0 Å². The van der Waals surface area contributed by atoms with Crippen molar-refractivity contribution in [2.75, 3.05) is 0 Å². The normalized spacial score (nSPS) is 17.6. The van der Waals surface area contributed by atoms with Crippen molar-refractivity contribution in [3.05, 3.63) is 47.3 Å². The van der Waals surface area contributed by atoms with Crippen LogP contribution in [-0.4, -0.2) is 19.6 Å². The molecule has 22 heavy (non-hydrogen) atoms. The average molecular weight is 299 g/mol. The lowest BCUT2D eigenvalue weighted by atomic mass is 9.85. The molecule has 0 radical (unpaired) electrons. The number of pyridine rings is 1. The van der Waals surface area contributed by atoms with Crippen molar-refractivity contribution in [2.45, 2.75) is 58.6 Å². The van der Waals surface area contributed by atoms with Crippen LogP contribution in [0, 0.1) is 19.8 Å². The minimum Gasteiger partial charge on any atom is -0.385 e. The monoisotopic (exact) mass is 299 g/mol. The third-order valence-electron chi connectivity index (χ3n) is 4.59. The van der Waals surface area contributed by atoms with Crippen LogP contribution in [0.2, 0.25) is 0 Å². The molecule has 1 saturated carbocycles. The molecule has 3 rings (SSSR count). The molecule has 1 unspecified atom stereocenters. The molecule has 4 nitrogen and oxygen atoms in total. The third-order valence-corrected chi connectivity index (χ3v) is 4.59. The average Bonchev–Trinajstić information content (AvgIpc) is 2.94. The van der Waals surface area contributed by atoms with E-state index in [1.54, 1.807) is 6.20 Å². The predicted octanol–water partition coefficient (Wildman–Crippen LogP) is 3.56. The third kappa shape index (κ3) is 3.38. The van der Waals surface area contributed by atoms with E-state index in [-0.39, 0.29) is 0 Å². The number of aromatic nitrogens is 3. The summed E-state index contributed by atoms with van der Waals surface area (Å²) < 4.78 is 2.04. The van der Waals surface area contributed by atoms with Crippen LogP contribution >= 0.6 is 0 Å². The predicted molar refractivity (Wildman–Crippen MR) is 86.6 cm³/mol. The molecule has 2 aromatic rings. The Bertz CT molecular complexity index is 609. The van der Waals surface area contributed by atoms with Crippen molar-refractivity contribution in [1.82, 2.24) is 14.5 Å². The summed E-state index contributed by atoms with van der Waals surface area (Å²) in [5.74, 6) is 1.13. The quantitative estimate of drug-likeness (QED) is 0.939. The summed E-state index contributed by atoms with van der Waals surface area (Å²) >= 11 is 0. The van der Waals surface area contributed by atoms with Gasteiger partial charge >= 0.3 is 0 Å². The Labute approximate surface area is 132 Å². The van der Waals surface area contributed by atoms with Gasteiger partial charge in [0.25, 0.3) is 0 Å². The van der Waals surface area contributed by atoms with Gasteiger partial charge in [-0.1, -0.05) is 19.3 Å². The zero-order chi connectivity index (χ0) is 15.5. The van der Waals surface area contributed by atoms with E-state index in [1.165, 1.54) is 24.8 Å². The smallest absolute Gasteiger partial charge is 0.138 e. The Morgan fingerprint density at radius 3 is 2.73 bits per heavy atom. The van der Waals surface area contributed by atoms with Crippen molar-refractivity contribution in [3.8, 4) is 0 Å². The molecule has 1 N–H and O–H groups in total. The van der Waals surface area contributed by atoms with Gasteiger partial charge < -0.3 is 9.67 Å². The van der Waals surface area contributed by atoms with Gasteiger partial charge in [0.15, 0.2) is 0 Å². The van der Waals surface area contributed by atoms with Crippen molar-refractivity contribution in [3.63, 3.8) is 0 Å². The number of nitrogens with zero attached hydrogens (tertiary/aromatic N) is 3. The SMILES string of the molecule is Cc1cc(C)nc(Cn2ccnc2C(O)C2CCCCC2)c1. The fourth-order valence-electron chi connectivity index (χ4n) is 3.56. The summed E-state index contributed by atoms with van der Waals surface area (Å²) in [7, 11) is 0. The first kappa shape index (κ1) is 15.2. The summed E-state index contributed by atoms with van der Waals surface area (Å²) in [5.41, 5.74) is 3.27. The number of aryl methyl sites for hydroxylation is 2. The highest BCUT2D eigenvalue weighted by Gasteiger charge is 2.26. The second-order valence-electron chi connectivity index (χ2n) is 6.53. The fourth-order valence-corrected chi connectivity index (χ4v) is 3.56. The lowest BCUT2D eigenvalue weighted by Gasteiger charge is -2.26. The maximum Gasteiger partial charge on any atom is 0.138 e. The van der Waals surface area contributed by atoms with Gasteiger partial charge in [-0.3, -0.25) is 4.98 Å². The second kappa shape index (κ2) is 6.61. The van der Waals surface area contributed by atoms with E-state index in [0.717, 1.165) is 30.1 Å². The maximum atomic E-state index is 10.7. The van der Waals surface area contributed by atoms with Crippen LogP contribution in [0.15, 0.2) is 24.5 Å². The van der Waals surface area contributed by atoms with Gasteiger partial charge in [-0.2, -0.15) is 0 Å². The largest absolute Gasteiger partial charge is 0.385 e. The molecule has 1 atom stereocenters. The molecule has 0 aromatic carbocycles. The summed E-state index contributed by atoms with van der Waals surface area (Å²) in [4.78, 5) is 9.01. The summed E-state index contributed by atoms with van der Waals surface area (Å²) in [5, 5.41) is 10.7. The summed E-state index contributed by atoms with van der Waals surface area (Å²) in [6, 6.07) is 4.18. The zero-order valence-corrected chi connectivity index (χ0v) is 13.5. The molecule has 0 aliphatic heterocycles. The van der Waals surface area contributed by atoms with Crippen molar-refractivity contribution in [1.29, 1.82) is 0 Å². The zero-order valence-electron chi connectivity index (χ0n) is 13.5. The number of hydrogen-bond acceptors (Lipinski definition) is 3. The number of imidazole rings is 1. The van der Waals surface area contributed by atoms with Crippen LogP contribution in [0.4, 0.5) is 0 Å². The number of aliphatic hydroxyl groups is 1. The first-order valence-electron chi connectivity index (χ1n) is 8.27. The molecule has 0 saturated heterocycles. The van der Waals surface area contributed by atoms with Crippen LogP contribution in [0.25, 0.3) is 0 Å².